The van der Waals surface area contributed by atoms with Crippen molar-refractivity contribution in [3.8, 4) is 0 Å². The summed E-state index contributed by atoms with van der Waals surface area (Å²) in [5, 5.41) is 0.655. The molecule has 0 aliphatic rings. The van der Waals surface area contributed by atoms with Crippen LogP contribution in [0.5, 0.6) is 0 Å². The summed E-state index contributed by atoms with van der Waals surface area (Å²) in [6.45, 7) is 4.24. The molecule has 6 nitrogen and oxygen atoms in total. The van der Waals surface area contributed by atoms with Crippen LogP contribution in [0.15, 0.2) is 48.5 Å². The Morgan fingerprint density at radius 3 is 2.45 bits per heavy atom. The van der Waals surface area contributed by atoms with Gasteiger partial charge in [0.1, 0.15) is 16.9 Å². The van der Waals surface area contributed by atoms with Crippen LogP contribution in [0.4, 0.5) is 5.82 Å². The molecule has 0 saturated heterocycles. The number of aromatic nitrogens is 3. The van der Waals surface area contributed by atoms with E-state index in [1.807, 2.05) is 62.4 Å². The molecule has 0 saturated carbocycles. The summed E-state index contributed by atoms with van der Waals surface area (Å²) in [5.74, 6) is -0.195. The number of carbonyl (C=O) groups excluding carboxylic acids is 1. The minimum absolute atomic E-state index is 0.218. The number of halogens is 1. The molecule has 0 bridgehead atoms. The minimum atomic E-state index is -0.485. The van der Waals surface area contributed by atoms with Crippen LogP contribution in [-0.2, 0) is 11.3 Å². The Hall–Kier alpha value is -3.12. The molecule has 1 atom stereocenters. The predicted molar refractivity (Wildman–Crippen MR) is 115 cm³/mol. The SMILES string of the molecule is CC[C@H](C)OC(=O)c1c(N)n(Cc2ccc(Cl)cc2)c2nc3ccccc3nc12. The molecule has 2 N–H and O–H groups in total. The van der Waals surface area contributed by atoms with Crippen molar-refractivity contribution in [3.63, 3.8) is 0 Å². The van der Waals surface area contributed by atoms with Gasteiger partial charge in [0, 0.05) is 5.02 Å². The van der Waals surface area contributed by atoms with Gasteiger partial charge in [-0.2, -0.15) is 0 Å². The third-order valence-corrected chi connectivity index (χ3v) is 5.18. The van der Waals surface area contributed by atoms with Crippen molar-refractivity contribution in [2.45, 2.75) is 32.9 Å². The van der Waals surface area contributed by atoms with E-state index in [1.165, 1.54) is 0 Å². The van der Waals surface area contributed by atoms with E-state index in [9.17, 15) is 4.79 Å². The Balaban J connectivity index is 1.91. The molecule has 4 rings (SSSR count). The molecule has 7 heteroatoms. The van der Waals surface area contributed by atoms with Crippen LogP contribution in [0.2, 0.25) is 5.02 Å². The van der Waals surface area contributed by atoms with Crippen LogP contribution >= 0.6 is 11.6 Å². The van der Waals surface area contributed by atoms with Crippen molar-refractivity contribution in [2.24, 2.45) is 0 Å². The first-order chi connectivity index (χ1) is 14.0. The summed E-state index contributed by atoms with van der Waals surface area (Å²) in [5.41, 5.74) is 10.1. The van der Waals surface area contributed by atoms with Crippen molar-refractivity contribution in [1.82, 2.24) is 14.5 Å². The highest BCUT2D eigenvalue weighted by Gasteiger charge is 2.26. The molecule has 0 unspecified atom stereocenters. The molecule has 0 spiro atoms. The Morgan fingerprint density at radius 1 is 1.14 bits per heavy atom. The lowest BCUT2D eigenvalue weighted by Crippen LogP contribution is -2.16. The monoisotopic (exact) mass is 408 g/mol. The maximum absolute atomic E-state index is 12.9. The second-order valence-corrected chi connectivity index (χ2v) is 7.42. The number of nitrogens with two attached hydrogens (primary N) is 1. The van der Waals surface area contributed by atoms with Crippen molar-refractivity contribution < 1.29 is 9.53 Å². The summed E-state index contributed by atoms with van der Waals surface area (Å²) in [6.07, 6.45) is 0.494. The molecule has 2 aromatic carbocycles. The minimum Gasteiger partial charge on any atom is -0.459 e. The van der Waals surface area contributed by atoms with E-state index in [2.05, 4.69) is 4.98 Å². The van der Waals surface area contributed by atoms with Gasteiger partial charge in [0.2, 0.25) is 0 Å². The molecular weight excluding hydrogens is 388 g/mol. The second kappa shape index (κ2) is 7.72. The van der Waals surface area contributed by atoms with Crippen LogP contribution in [0.3, 0.4) is 0 Å². The number of hydrogen-bond donors (Lipinski definition) is 1. The van der Waals surface area contributed by atoms with Crippen molar-refractivity contribution in [3.05, 3.63) is 64.7 Å². The van der Waals surface area contributed by atoms with Gasteiger partial charge in [-0.1, -0.05) is 42.8 Å². The number of nitrogen functional groups attached to an aromatic ring is 1. The number of carbonyl (C=O) groups is 1. The van der Waals surface area contributed by atoms with Crippen LogP contribution < -0.4 is 5.73 Å². The van der Waals surface area contributed by atoms with Crippen molar-refractivity contribution in [2.75, 3.05) is 5.73 Å². The van der Waals surface area contributed by atoms with Gasteiger partial charge in [-0.15, -0.1) is 0 Å². The average molecular weight is 409 g/mol. The number of ether oxygens (including phenoxy) is 1. The molecule has 0 fully saturated rings. The molecule has 0 aliphatic carbocycles. The highest BCUT2D eigenvalue weighted by atomic mass is 35.5. The van der Waals surface area contributed by atoms with Gasteiger partial charge < -0.3 is 15.0 Å². The van der Waals surface area contributed by atoms with E-state index in [4.69, 9.17) is 27.1 Å². The summed E-state index contributed by atoms with van der Waals surface area (Å²) >= 11 is 6.00. The molecular formula is C22H21ClN4O2. The first kappa shape index (κ1) is 19.2. The van der Waals surface area contributed by atoms with E-state index >= 15 is 0 Å². The average Bonchev–Trinajstić information content (AvgIpc) is 2.98. The largest absolute Gasteiger partial charge is 0.459 e. The number of hydrogen-bond acceptors (Lipinski definition) is 5. The first-order valence-electron chi connectivity index (χ1n) is 9.47. The van der Waals surface area contributed by atoms with E-state index < -0.39 is 5.97 Å². The van der Waals surface area contributed by atoms with Crippen LogP contribution in [-0.4, -0.2) is 26.6 Å². The Labute approximate surface area is 173 Å². The first-order valence-corrected chi connectivity index (χ1v) is 9.85. The topological polar surface area (TPSA) is 83.0 Å². The predicted octanol–water partition coefficient (Wildman–Crippen LogP) is 4.82. The fraction of sp³-hybridized carbons (Fsp3) is 0.227. The summed E-state index contributed by atoms with van der Waals surface area (Å²) in [4.78, 5) is 22.3. The lowest BCUT2D eigenvalue weighted by atomic mass is 10.2. The number of esters is 1. The zero-order chi connectivity index (χ0) is 20.5. The number of fused-ring (bicyclic) bond motifs is 2. The quantitative estimate of drug-likeness (QED) is 0.478. The maximum atomic E-state index is 12.9. The lowest BCUT2D eigenvalue weighted by Gasteiger charge is -2.11. The van der Waals surface area contributed by atoms with Gasteiger partial charge in [-0.3, -0.25) is 0 Å². The van der Waals surface area contributed by atoms with E-state index in [1.54, 1.807) is 4.57 Å². The van der Waals surface area contributed by atoms with Gasteiger partial charge in [0.25, 0.3) is 0 Å². The smallest absolute Gasteiger partial charge is 0.344 e. The van der Waals surface area contributed by atoms with Gasteiger partial charge in [-0.05, 0) is 43.2 Å². The number of para-hydroxylation sites is 2. The Kier molecular flexibility index (Phi) is 5.11. The highest BCUT2D eigenvalue weighted by Crippen LogP contribution is 2.30. The Morgan fingerprint density at radius 2 is 1.79 bits per heavy atom. The molecule has 0 radical (unpaired) electrons. The van der Waals surface area contributed by atoms with E-state index in [0.29, 0.717) is 40.5 Å². The number of benzene rings is 2. The summed E-state index contributed by atoms with van der Waals surface area (Å²) in [7, 11) is 0. The van der Waals surface area contributed by atoms with E-state index in [0.717, 1.165) is 11.1 Å². The fourth-order valence-electron chi connectivity index (χ4n) is 3.18. The number of nitrogens with zero attached hydrogens (tertiary/aromatic N) is 3. The third kappa shape index (κ3) is 3.63. The summed E-state index contributed by atoms with van der Waals surface area (Å²) < 4.78 is 7.35. The zero-order valence-electron chi connectivity index (χ0n) is 16.2. The van der Waals surface area contributed by atoms with Crippen LogP contribution in [0.1, 0.15) is 36.2 Å². The fourth-order valence-corrected chi connectivity index (χ4v) is 3.30. The molecule has 4 aromatic rings. The standard InChI is InChI=1S/C22H21ClN4O2/c1-3-13(2)29-22(28)18-19-21(26-17-7-5-4-6-16(17)25-19)27(20(18)24)12-14-8-10-15(23)11-9-14/h4-11,13H,3,12,24H2,1-2H3/t13-/m0/s1. The zero-order valence-corrected chi connectivity index (χ0v) is 17.0. The van der Waals surface area contributed by atoms with Crippen LogP contribution in [0.25, 0.3) is 22.2 Å². The van der Waals surface area contributed by atoms with Gasteiger partial charge in [0.15, 0.2) is 5.65 Å². The maximum Gasteiger partial charge on any atom is 0.344 e. The molecule has 29 heavy (non-hydrogen) atoms. The molecule has 0 amide bonds. The third-order valence-electron chi connectivity index (χ3n) is 4.93. The normalized spacial score (nSPS) is 12.4. The van der Waals surface area contributed by atoms with Crippen molar-refractivity contribution in [1.29, 1.82) is 0 Å². The second-order valence-electron chi connectivity index (χ2n) is 6.98. The van der Waals surface area contributed by atoms with Gasteiger partial charge in [-0.25, -0.2) is 14.8 Å². The Bertz CT molecular complexity index is 1200. The molecule has 2 aromatic heterocycles. The molecule has 2 heterocycles. The molecule has 148 valence electrons. The van der Waals surface area contributed by atoms with Crippen molar-refractivity contribution >= 4 is 45.6 Å². The van der Waals surface area contributed by atoms with E-state index in [-0.39, 0.29) is 11.7 Å². The van der Waals surface area contributed by atoms with Gasteiger partial charge in [0.05, 0.1) is 23.7 Å². The molecule has 0 aliphatic heterocycles. The van der Waals surface area contributed by atoms with Gasteiger partial charge >= 0.3 is 5.97 Å². The number of rotatable bonds is 5. The number of anilines is 1. The van der Waals surface area contributed by atoms with Crippen LogP contribution in [0, 0.1) is 0 Å². The highest BCUT2D eigenvalue weighted by molar-refractivity contribution is 6.30. The lowest BCUT2D eigenvalue weighted by molar-refractivity contribution is 0.0338. The summed E-state index contributed by atoms with van der Waals surface area (Å²) in [6, 6.07) is 15.0.